The van der Waals surface area contributed by atoms with E-state index in [1.54, 1.807) is 37.3 Å². The van der Waals surface area contributed by atoms with Gasteiger partial charge in [-0.05, 0) is 44.5 Å². The number of urea groups is 1. The maximum Gasteiger partial charge on any atom is 0.335 e. The van der Waals surface area contributed by atoms with Gasteiger partial charge in [0.15, 0.2) is 5.41 Å². The molecular weight excluding hydrogens is 440 g/mol. The molecule has 2 fully saturated rings. The van der Waals surface area contributed by atoms with E-state index in [9.17, 15) is 24.5 Å². The monoisotopic (exact) mass is 464 g/mol. The number of carbonyl (C=O) groups excluding carboxylic acids is 3. The normalized spacial score (nSPS) is 28.4. The molecule has 0 aliphatic carbocycles. The number of rotatable bonds is 2. The number of ether oxygens (including phenoxy) is 1. The molecule has 34 heavy (non-hydrogen) atoms. The Bertz CT molecular complexity index is 1230. The van der Waals surface area contributed by atoms with E-state index >= 15 is 0 Å². The highest BCUT2D eigenvalue weighted by Gasteiger charge is 2.65. The number of imide groups is 2. The van der Waals surface area contributed by atoms with Gasteiger partial charge in [0, 0.05) is 30.8 Å². The largest absolute Gasteiger partial charge is 0.372 e. The first-order valence-electron chi connectivity index (χ1n) is 11.1. The molecule has 1 N–H and O–H groups in total. The van der Waals surface area contributed by atoms with Gasteiger partial charge >= 0.3 is 6.03 Å². The third-order valence-electron chi connectivity index (χ3n) is 6.94. The Morgan fingerprint density at radius 3 is 2.50 bits per heavy atom. The van der Waals surface area contributed by atoms with E-state index < -0.39 is 40.3 Å². The fourth-order valence-corrected chi connectivity index (χ4v) is 5.55. The van der Waals surface area contributed by atoms with E-state index in [0.29, 0.717) is 17.8 Å². The molecular formula is C24H24N4O6. The van der Waals surface area contributed by atoms with Crippen molar-refractivity contribution in [2.45, 2.75) is 45.4 Å². The zero-order valence-corrected chi connectivity index (χ0v) is 19.0. The summed E-state index contributed by atoms with van der Waals surface area (Å²) >= 11 is 0. The highest BCUT2D eigenvalue weighted by molar-refractivity contribution is 6.30. The highest BCUT2D eigenvalue weighted by Crippen LogP contribution is 2.48. The molecule has 2 aromatic carbocycles. The average Bonchev–Trinajstić information content (AvgIpc) is 2.78. The number of barbiturate groups is 1. The number of amides is 4. The van der Waals surface area contributed by atoms with Crippen LogP contribution in [0, 0.1) is 22.5 Å². The number of non-ortho nitro benzene ring substituents is 1. The molecule has 0 bridgehead atoms. The number of aryl methyl sites for hydroxylation is 1. The van der Waals surface area contributed by atoms with Crippen LogP contribution in [0.25, 0.3) is 0 Å². The standard InChI is InChI=1S/C24H24N4O6/c1-13-4-6-17(7-5-13)27-22(30)24(21(29)25-23(27)31)11-16-10-18(28(32)33)8-9-19(16)26-12-14(2)34-15(3)20(24)26/h4-10,14-15,20H,11-12H2,1-3H3,(H,25,29,31)/t14-,15-,20+,24+/m0/s1. The van der Waals surface area contributed by atoms with Crippen molar-refractivity contribution < 1.29 is 24.0 Å². The van der Waals surface area contributed by atoms with Crippen molar-refractivity contribution in [1.82, 2.24) is 5.32 Å². The number of benzene rings is 2. The minimum atomic E-state index is -1.71. The van der Waals surface area contributed by atoms with Crippen LogP contribution in [0.5, 0.6) is 0 Å². The van der Waals surface area contributed by atoms with Crippen LogP contribution in [-0.4, -0.2) is 47.6 Å². The second kappa shape index (κ2) is 7.63. The minimum absolute atomic E-state index is 0.0897. The van der Waals surface area contributed by atoms with Crippen LogP contribution in [0.2, 0.25) is 0 Å². The van der Waals surface area contributed by atoms with E-state index in [4.69, 9.17) is 4.74 Å². The van der Waals surface area contributed by atoms with Gasteiger partial charge in [0.1, 0.15) is 0 Å². The third-order valence-corrected chi connectivity index (χ3v) is 6.94. The molecule has 10 nitrogen and oxygen atoms in total. The van der Waals surface area contributed by atoms with Gasteiger partial charge in [0.05, 0.1) is 28.9 Å². The van der Waals surface area contributed by atoms with Crippen LogP contribution in [0.15, 0.2) is 42.5 Å². The molecule has 0 aromatic heterocycles. The fraction of sp³-hybridized carbons (Fsp3) is 0.375. The maximum atomic E-state index is 14.1. The first-order chi connectivity index (χ1) is 16.1. The van der Waals surface area contributed by atoms with Gasteiger partial charge in [0.25, 0.3) is 11.6 Å². The molecule has 3 aliphatic rings. The predicted molar refractivity (Wildman–Crippen MR) is 123 cm³/mol. The molecule has 0 radical (unpaired) electrons. The number of nitrogens with one attached hydrogen (secondary N) is 1. The van der Waals surface area contributed by atoms with Crippen LogP contribution < -0.4 is 15.1 Å². The molecule has 2 saturated heterocycles. The van der Waals surface area contributed by atoms with Gasteiger partial charge in [-0.15, -0.1) is 0 Å². The minimum Gasteiger partial charge on any atom is -0.372 e. The van der Waals surface area contributed by atoms with Gasteiger partial charge in [-0.2, -0.15) is 0 Å². The number of carbonyl (C=O) groups is 3. The molecule has 0 unspecified atom stereocenters. The van der Waals surface area contributed by atoms with E-state index in [0.717, 1.165) is 16.2 Å². The number of nitrogens with zero attached hydrogens (tertiary/aromatic N) is 3. The number of hydrogen-bond donors (Lipinski definition) is 1. The summed E-state index contributed by atoms with van der Waals surface area (Å²) in [6, 6.07) is 9.82. The lowest BCUT2D eigenvalue weighted by Crippen LogP contribution is -2.76. The topological polar surface area (TPSA) is 122 Å². The molecule has 176 valence electrons. The maximum absolute atomic E-state index is 14.1. The summed E-state index contributed by atoms with van der Waals surface area (Å²) in [5, 5.41) is 13.8. The van der Waals surface area contributed by atoms with E-state index in [-0.39, 0.29) is 18.2 Å². The smallest absolute Gasteiger partial charge is 0.335 e. The van der Waals surface area contributed by atoms with E-state index in [1.165, 1.54) is 12.1 Å². The number of morpholine rings is 1. The van der Waals surface area contributed by atoms with Crippen molar-refractivity contribution in [2.75, 3.05) is 16.3 Å². The second-order valence-electron chi connectivity index (χ2n) is 9.20. The molecule has 0 saturated carbocycles. The van der Waals surface area contributed by atoms with E-state index in [2.05, 4.69) is 5.32 Å². The fourth-order valence-electron chi connectivity index (χ4n) is 5.55. The van der Waals surface area contributed by atoms with Crippen molar-refractivity contribution in [3.63, 3.8) is 0 Å². The zero-order valence-electron chi connectivity index (χ0n) is 19.0. The summed E-state index contributed by atoms with van der Waals surface area (Å²) in [7, 11) is 0. The molecule has 3 heterocycles. The number of nitro groups is 1. The summed E-state index contributed by atoms with van der Waals surface area (Å²) in [6.07, 6.45) is -0.802. The number of anilines is 2. The zero-order chi connectivity index (χ0) is 24.4. The summed E-state index contributed by atoms with van der Waals surface area (Å²) in [5.41, 5.74) is 0.690. The second-order valence-corrected chi connectivity index (χ2v) is 9.20. The molecule has 4 atom stereocenters. The first kappa shape index (κ1) is 22.0. The average molecular weight is 464 g/mol. The van der Waals surface area contributed by atoms with Crippen molar-refractivity contribution in [2.24, 2.45) is 5.41 Å². The van der Waals surface area contributed by atoms with Gasteiger partial charge < -0.3 is 9.64 Å². The highest BCUT2D eigenvalue weighted by atomic mass is 16.6. The Kier molecular flexibility index (Phi) is 4.94. The third kappa shape index (κ3) is 3.09. The quantitative estimate of drug-likeness (QED) is 0.412. The van der Waals surface area contributed by atoms with E-state index in [1.807, 2.05) is 18.7 Å². The summed E-state index contributed by atoms with van der Waals surface area (Å²) in [6.45, 7) is 5.97. The van der Waals surface area contributed by atoms with Crippen molar-refractivity contribution >= 4 is 34.9 Å². The Balaban J connectivity index is 1.70. The van der Waals surface area contributed by atoms with Crippen molar-refractivity contribution in [1.29, 1.82) is 0 Å². The molecule has 5 rings (SSSR count). The van der Waals surface area contributed by atoms with Crippen LogP contribution in [0.3, 0.4) is 0 Å². The van der Waals surface area contributed by atoms with Crippen molar-refractivity contribution in [3.8, 4) is 0 Å². The summed E-state index contributed by atoms with van der Waals surface area (Å²) < 4.78 is 6.05. The summed E-state index contributed by atoms with van der Waals surface area (Å²) in [5.74, 6) is -1.38. The molecule has 1 spiro atoms. The molecule has 2 aromatic rings. The number of fused-ring (bicyclic) bond motifs is 4. The predicted octanol–water partition coefficient (Wildman–Crippen LogP) is 2.71. The Morgan fingerprint density at radius 2 is 1.82 bits per heavy atom. The van der Waals surface area contributed by atoms with Gasteiger partial charge in [-0.3, -0.25) is 25.0 Å². The van der Waals surface area contributed by atoms with Crippen LogP contribution in [-0.2, 0) is 20.7 Å². The van der Waals surface area contributed by atoms with Crippen molar-refractivity contribution in [3.05, 3.63) is 63.7 Å². The Morgan fingerprint density at radius 1 is 1.12 bits per heavy atom. The van der Waals surface area contributed by atoms with Crippen LogP contribution in [0.4, 0.5) is 21.9 Å². The molecule has 4 amide bonds. The van der Waals surface area contributed by atoms with Crippen LogP contribution >= 0.6 is 0 Å². The molecule has 10 heteroatoms. The Labute approximate surface area is 195 Å². The summed E-state index contributed by atoms with van der Waals surface area (Å²) in [4.78, 5) is 54.4. The SMILES string of the molecule is Cc1ccc(N2C(=O)NC(=O)[C@]3(Cc4cc([N+](=O)[O-])ccc4N4C[C@H](C)O[C@@H](C)[C@@H]43)C2=O)cc1. The van der Waals surface area contributed by atoms with Gasteiger partial charge in [-0.25, -0.2) is 9.69 Å². The number of hydrogen-bond acceptors (Lipinski definition) is 7. The lowest BCUT2D eigenvalue weighted by Gasteiger charge is -2.56. The van der Waals surface area contributed by atoms with Gasteiger partial charge in [0.2, 0.25) is 5.91 Å². The van der Waals surface area contributed by atoms with Crippen LogP contribution in [0.1, 0.15) is 25.0 Å². The first-order valence-corrected chi connectivity index (χ1v) is 11.1. The number of nitro benzene ring substituents is 1. The molecule has 3 aliphatic heterocycles. The lowest BCUT2D eigenvalue weighted by molar-refractivity contribution is -0.384. The Hall–Kier alpha value is -3.79. The lowest BCUT2D eigenvalue weighted by atomic mass is 9.66. The van der Waals surface area contributed by atoms with Gasteiger partial charge in [-0.1, -0.05) is 17.7 Å².